The molecule has 396 valence electrons. The summed E-state index contributed by atoms with van der Waals surface area (Å²) in [7, 11) is -4.74. The summed E-state index contributed by atoms with van der Waals surface area (Å²) in [5, 5.41) is 9.78. The molecule has 0 radical (unpaired) electrons. The van der Waals surface area contributed by atoms with E-state index in [-0.39, 0.29) is 25.9 Å². The Bertz CT molecular complexity index is 1330. The Balaban J connectivity index is 4.76. The molecule has 2 N–H and O–H groups in total. The number of aliphatic hydroxyl groups excluding tert-OH is 1. The monoisotopic (exact) mass is 981 g/mol. The third kappa shape index (κ3) is 48.5. The van der Waals surface area contributed by atoms with Gasteiger partial charge in [0.15, 0.2) is 6.10 Å². The molecule has 3 unspecified atom stereocenters. The molecule has 0 bridgehead atoms. The molecule has 0 rings (SSSR count). The van der Waals surface area contributed by atoms with Gasteiger partial charge in [0.25, 0.3) is 0 Å². The van der Waals surface area contributed by atoms with Crippen LogP contribution >= 0.6 is 7.82 Å². The molecule has 11 nitrogen and oxygen atoms in total. The van der Waals surface area contributed by atoms with Crippen molar-refractivity contribution in [3.63, 3.8) is 0 Å². The Morgan fingerprint density at radius 2 is 0.765 bits per heavy atom. The van der Waals surface area contributed by atoms with Gasteiger partial charge in [0.2, 0.25) is 0 Å². The van der Waals surface area contributed by atoms with Gasteiger partial charge in [-0.3, -0.25) is 23.4 Å². The minimum atomic E-state index is -4.74. The Labute approximate surface area is 415 Å². The fourth-order valence-corrected chi connectivity index (χ4v) is 8.33. The van der Waals surface area contributed by atoms with Crippen LogP contribution in [0, 0.1) is 0 Å². The van der Waals surface area contributed by atoms with Crippen LogP contribution in [0.1, 0.15) is 252 Å². The maximum atomic E-state index is 12.9. The molecule has 12 heteroatoms. The fourth-order valence-electron chi connectivity index (χ4n) is 7.54. The number of hydrogen-bond acceptors (Lipinski definition) is 10. The summed E-state index contributed by atoms with van der Waals surface area (Å²) in [6, 6.07) is 0. The van der Waals surface area contributed by atoms with Crippen molar-refractivity contribution in [3.8, 4) is 0 Å². The Morgan fingerprint density at radius 1 is 0.426 bits per heavy atom. The van der Waals surface area contributed by atoms with Crippen LogP contribution in [0.5, 0.6) is 0 Å². The molecule has 0 aliphatic heterocycles. The lowest BCUT2D eigenvalue weighted by atomic mass is 10.1. The van der Waals surface area contributed by atoms with E-state index < -0.39 is 57.8 Å². The smallest absolute Gasteiger partial charge is 0.462 e. The molecule has 0 aromatic carbocycles. The highest BCUT2D eigenvalue weighted by molar-refractivity contribution is 7.47. The minimum Gasteiger partial charge on any atom is -0.462 e. The van der Waals surface area contributed by atoms with E-state index in [1.165, 1.54) is 83.5 Å². The van der Waals surface area contributed by atoms with Gasteiger partial charge in [-0.25, -0.2) is 4.57 Å². The van der Waals surface area contributed by atoms with E-state index in [1.807, 2.05) is 0 Å². The zero-order valence-corrected chi connectivity index (χ0v) is 44.5. The molecular weight excluding hydrogens is 880 g/mol. The first-order valence-electron chi connectivity index (χ1n) is 27.5. The summed E-state index contributed by atoms with van der Waals surface area (Å²) >= 11 is 0. The standard InChI is InChI=1S/C56H101O11P/c1-4-7-10-13-16-19-22-24-26-28-31-33-36-39-42-45-54(58)63-49-53(67-56(60)47-44-41-38-35-32-29-27-25-23-20-17-14-11-8-5-2)51-65-68(61,62)64-50-52(48-57)66-55(59)46-43-40-37-34-30-21-18-15-12-9-6-3/h8,11,17,20,24-27,52-53,57H,4-7,9-10,12-16,18-19,21-23,28-51H2,1-3H3,(H,61,62)/b11-8-,20-17-,26-24-,27-25-. The number of aliphatic hydroxyl groups is 1. The second-order valence-corrected chi connectivity index (χ2v) is 19.8. The summed E-state index contributed by atoms with van der Waals surface area (Å²) in [4.78, 5) is 48.4. The molecular formula is C56H101O11P. The van der Waals surface area contributed by atoms with Crippen LogP contribution in [0.4, 0.5) is 0 Å². The number of rotatable bonds is 51. The highest BCUT2D eigenvalue weighted by Crippen LogP contribution is 2.43. The van der Waals surface area contributed by atoms with Gasteiger partial charge in [-0.05, 0) is 77.0 Å². The maximum absolute atomic E-state index is 12.9. The van der Waals surface area contributed by atoms with E-state index >= 15 is 0 Å². The molecule has 0 heterocycles. The number of phosphoric acid groups is 1. The Kier molecular flexibility index (Phi) is 48.9. The van der Waals surface area contributed by atoms with E-state index in [0.29, 0.717) is 19.3 Å². The summed E-state index contributed by atoms with van der Waals surface area (Å²) in [6.45, 7) is 4.50. The molecule has 0 aromatic rings. The number of allylic oxidation sites excluding steroid dienone is 8. The van der Waals surface area contributed by atoms with E-state index in [1.54, 1.807) is 0 Å². The molecule has 0 amide bonds. The van der Waals surface area contributed by atoms with Crippen molar-refractivity contribution in [1.29, 1.82) is 0 Å². The van der Waals surface area contributed by atoms with Gasteiger partial charge in [0.05, 0.1) is 19.8 Å². The van der Waals surface area contributed by atoms with Crippen LogP contribution in [0.25, 0.3) is 0 Å². The van der Waals surface area contributed by atoms with Crippen molar-refractivity contribution in [2.24, 2.45) is 0 Å². The first kappa shape index (κ1) is 65.4. The number of carbonyl (C=O) groups is 3. The number of phosphoric ester groups is 1. The molecule has 0 saturated heterocycles. The van der Waals surface area contributed by atoms with Crippen molar-refractivity contribution in [3.05, 3.63) is 48.6 Å². The van der Waals surface area contributed by atoms with E-state index in [2.05, 4.69) is 69.4 Å². The van der Waals surface area contributed by atoms with E-state index in [9.17, 15) is 28.9 Å². The summed E-state index contributed by atoms with van der Waals surface area (Å²) in [6.07, 6.45) is 52.1. The first-order valence-corrected chi connectivity index (χ1v) is 29.0. The molecule has 0 aromatic heterocycles. The quantitative estimate of drug-likeness (QED) is 0.0197. The largest absolute Gasteiger partial charge is 0.472 e. The van der Waals surface area contributed by atoms with Crippen molar-refractivity contribution in [1.82, 2.24) is 0 Å². The van der Waals surface area contributed by atoms with Crippen LogP contribution in [-0.2, 0) is 42.2 Å². The average molecular weight is 981 g/mol. The van der Waals surface area contributed by atoms with Crippen LogP contribution in [0.2, 0.25) is 0 Å². The molecule has 0 saturated carbocycles. The van der Waals surface area contributed by atoms with Gasteiger partial charge < -0.3 is 24.2 Å². The van der Waals surface area contributed by atoms with Gasteiger partial charge in [-0.1, -0.05) is 204 Å². The maximum Gasteiger partial charge on any atom is 0.472 e. The summed E-state index contributed by atoms with van der Waals surface area (Å²) < 4.78 is 39.4. The predicted octanol–water partition coefficient (Wildman–Crippen LogP) is 15.8. The third-order valence-electron chi connectivity index (χ3n) is 11.7. The molecule has 68 heavy (non-hydrogen) atoms. The normalized spacial score (nSPS) is 13.8. The van der Waals surface area contributed by atoms with Crippen LogP contribution in [0.3, 0.4) is 0 Å². The molecule has 0 aliphatic rings. The van der Waals surface area contributed by atoms with Gasteiger partial charge in [-0.2, -0.15) is 0 Å². The molecule has 0 spiro atoms. The zero-order chi connectivity index (χ0) is 49.9. The van der Waals surface area contributed by atoms with Crippen LogP contribution < -0.4 is 0 Å². The number of ether oxygens (including phenoxy) is 3. The Hall–Kier alpha value is -2.56. The van der Waals surface area contributed by atoms with Gasteiger partial charge >= 0.3 is 25.7 Å². The minimum absolute atomic E-state index is 0.148. The topological polar surface area (TPSA) is 155 Å². The second kappa shape index (κ2) is 50.8. The molecule has 3 atom stereocenters. The van der Waals surface area contributed by atoms with Crippen LogP contribution in [0.15, 0.2) is 48.6 Å². The first-order chi connectivity index (χ1) is 33.2. The van der Waals surface area contributed by atoms with E-state index in [0.717, 1.165) is 109 Å². The third-order valence-corrected chi connectivity index (χ3v) is 12.7. The van der Waals surface area contributed by atoms with Crippen LogP contribution in [-0.4, -0.2) is 66.5 Å². The second-order valence-electron chi connectivity index (χ2n) is 18.4. The van der Waals surface area contributed by atoms with Crippen molar-refractivity contribution in [2.75, 3.05) is 26.4 Å². The van der Waals surface area contributed by atoms with Gasteiger partial charge in [0, 0.05) is 19.3 Å². The lowest BCUT2D eigenvalue weighted by molar-refractivity contribution is -0.161. The number of unbranched alkanes of at least 4 members (excludes halogenated alkanes) is 26. The average Bonchev–Trinajstić information content (AvgIpc) is 3.32. The lowest BCUT2D eigenvalue weighted by Gasteiger charge is -2.21. The SMILES string of the molecule is CC/C=C\C/C=C\C/C=C\CCCCCCCC(=O)OC(COC(=O)CCCCCCC/C=C\CCCCCCCC)COP(=O)(O)OCC(CO)OC(=O)CCCCCCCCCCCCC. The number of esters is 3. The van der Waals surface area contributed by atoms with Crippen molar-refractivity contribution in [2.45, 2.75) is 264 Å². The van der Waals surface area contributed by atoms with Crippen molar-refractivity contribution >= 4 is 25.7 Å². The highest BCUT2D eigenvalue weighted by Gasteiger charge is 2.28. The zero-order valence-electron chi connectivity index (χ0n) is 43.6. The lowest BCUT2D eigenvalue weighted by Crippen LogP contribution is -2.30. The van der Waals surface area contributed by atoms with Crippen molar-refractivity contribution < 1.29 is 52.2 Å². The molecule has 0 fully saturated rings. The summed E-state index contributed by atoms with van der Waals surface area (Å²) in [5.41, 5.74) is 0. The van der Waals surface area contributed by atoms with E-state index in [4.69, 9.17) is 23.3 Å². The highest BCUT2D eigenvalue weighted by atomic mass is 31.2. The fraction of sp³-hybridized carbons (Fsp3) is 0.804. The predicted molar refractivity (Wildman–Crippen MR) is 279 cm³/mol. The molecule has 0 aliphatic carbocycles. The van der Waals surface area contributed by atoms with Gasteiger partial charge in [0.1, 0.15) is 12.7 Å². The number of carbonyl (C=O) groups excluding carboxylic acids is 3. The number of hydrogen-bond donors (Lipinski definition) is 2. The Morgan fingerprint density at radius 3 is 1.19 bits per heavy atom. The summed E-state index contributed by atoms with van der Waals surface area (Å²) in [5.74, 6) is -1.49. The van der Waals surface area contributed by atoms with Gasteiger partial charge in [-0.15, -0.1) is 0 Å².